The molecule has 0 saturated heterocycles. The summed E-state index contributed by atoms with van der Waals surface area (Å²) in [6, 6.07) is 5.07. The van der Waals surface area contributed by atoms with Crippen LogP contribution in [0.2, 0.25) is 10.0 Å². The number of sulfonamides is 1. The third-order valence-electron chi connectivity index (χ3n) is 7.17. The van der Waals surface area contributed by atoms with Crippen molar-refractivity contribution in [2.75, 3.05) is 29.0 Å². The highest BCUT2D eigenvalue weighted by molar-refractivity contribution is 7.92. The maximum absolute atomic E-state index is 14.5. The summed E-state index contributed by atoms with van der Waals surface area (Å²) in [6.45, 7) is 3.21. The van der Waals surface area contributed by atoms with Gasteiger partial charge < -0.3 is 9.30 Å². The van der Waals surface area contributed by atoms with Crippen molar-refractivity contribution in [1.82, 2.24) is 23.3 Å². The number of halogens is 5. The number of aromatic nitrogens is 5. The van der Waals surface area contributed by atoms with Crippen molar-refractivity contribution in [1.29, 1.82) is 0 Å². The van der Waals surface area contributed by atoms with Crippen LogP contribution in [0, 0.1) is 30.5 Å². The zero-order chi connectivity index (χ0) is 36.0. The second kappa shape index (κ2) is 13.5. The Morgan fingerprint density at radius 2 is 1.90 bits per heavy atom. The zero-order valence-electron chi connectivity index (χ0n) is 26.2. The molecule has 2 aromatic heterocycles. The molecule has 0 radical (unpaired) electrons. The van der Waals surface area contributed by atoms with E-state index in [1.165, 1.54) is 41.6 Å². The third kappa shape index (κ3) is 7.64. The number of alkyl halides is 2. The minimum atomic E-state index is -3.65. The van der Waals surface area contributed by atoms with Gasteiger partial charge in [0.1, 0.15) is 23.1 Å². The molecule has 0 saturated carbocycles. The smallest absolute Gasteiger partial charge is 0.355 e. The molecule has 0 fully saturated rings. The van der Waals surface area contributed by atoms with Gasteiger partial charge in [-0.05, 0) is 30.5 Å². The van der Waals surface area contributed by atoms with E-state index in [0.717, 1.165) is 31.1 Å². The number of hydrogen-bond acceptors (Lipinski definition) is 9. The van der Waals surface area contributed by atoms with Gasteiger partial charge in [-0.15, -0.1) is 11.5 Å². The van der Waals surface area contributed by atoms with Gasteiger partial charge >= 0.3 is 12.2 Å². The molecule has 2 aromatic carbocycles. The number of aryl methyl sites for hydroxylation is 1. The summed E-state index contributed by atoms with van der Waals surface area (Å²) >= 11 is 13.1. The first-order chi connectivity index (χ1) is 22.9. The molecule has 260 valence electrons. The number of nitrogens with zero attached hydrogens (tertiary/aromatic N) is 7. The first kappa shape index (κ1) is 36.0. The van der Waals surface area contributed by atoms with Gasteiger partial charge in [0.15, 0.2) is 12.4 Å². The number of anilines is 2. The number of carbonyl (C=O) groups excluding carboxylic acids is 1. The number of hydrogen-bond donors (Lipinski definition) is 1. The second-order valence-electron chi connectivity index (χ2n) is 11.7. The predicted molar refractivity (Wildman–Crippen MR) is 178 cm³/mol. The Hall–Kier alpha value is -4.31. The molecule has 2 aliphatic rings. The molecule has 1 amide bonds. The van der Waals surface area contributed by atoms with Crippen molar-refractivity contribution in [2.45, 2.75) is 40.3 Å². The van der Waals surface area contributed by atoms with Crippen LogP contribution in [0.5, 0.6) is 5.75 Å². The summed E-state index contributed by atoms with van der Waals surface area (Å²) in [5, 5.41) is 3.63. The van der Waals surface area contributed by atoms with Gasteiger partial charge in [-0.3, -0.25) is 14.4 Å². The van der Waals surface area contributed by atoms with Crippen LogP contribution in [-0.4, -0.2) is 57.0 Å². The SMILES string of the molecule is C#CCN1C(=O)COc2cc(F)c(N=c3snc4n3CC(C)(C)C4)cc21.Cc1nn(-c2cc(NS(C)(=O)=O)c(Cl)cc2Cl)c(=O)n1C(F)F. The Bertz CT molecular complexity index is 2260. The monoisotopic (exact) mass is 758 g/mol. The number of nitrogens with one attached hydrogen (secondary N) is 1. The molecule has 20 heteroatoms. The van der Waals surface area contributed by atoms with Crippen molar-refractivity contribution in [2.24, 2.45) is 10.4 Å². The van der Waals surface area contributed by atoms with Gasteiger partial charge in [0.2, 0.25) is 14.8 Å². The van der Waals surface area contributed by atoms with Crippen LogP contribution in [0.4, 0.5) is 30.2 Å². The van der Waals surface area contributed by atoms with Crippen LogP contribution in [0.15, 0.2) is 34.1 Å². The molecule has 2 aliphatic heterocycles. The van der Waals surface area contributed by atoms with Crippen LogP contribution in [0.1, 0.15) is 32.0 Å². The average molecular weight is 760 g/mol. The van der Waals surface area contributed by atoms with E-state index in [4.69, 9.17) is 34.4 Å². The molecule has 1 N–H and O–H groups in total. The molecular formula is C29H27Cl2F3N8O5S2. The number of ether oxygens (including phenoxy) is 1. The molecule has 49 heavy (non-hydrogen) atoms. The van der Waals surface area contributed by atoms with Gasteiger partial charge in [-0.1, -0.05) is 43.0 Å². The summed E-state index contributed by atoms with van der Waals surface area (Å²) in [5.74, 6) is 2.69. The van der Waals surface area contributed by atoms with Gasteiger partial charge in [0, 0.05) is 30.6 Å². The molecule has 4 aromatic rings. The zero-order valence-corrected chi connectivity index (χ0v) is 29.3. The molecule has 0 atom stereocenters. The van der Waals surface area contributed by atoms with E-state index in [2.05, 4.69) is 39.0 Å². The normalized spacial score (nSPS) is 15.3. The molecule has 0 aliphatic carbocycles. The van der Waals surface area contributed by atoms with Gasteiger partial charge in [-0.25, -0.2) is 27.2 Å². The maximum Gasteiger partial charge on any atom is 0.355 e. The maximum atomic E-state index is 14.5. The fourth-order valence-electron chi connectivity index (χ4n) is 5.08. The quantitative estimate of drug-likeness (QED) is 0.281. The fraction of sp³-hybridized carbons (Fsp3) is 0.345. The van der Waals surface area contributed by atoms with E-state index in [9.17, 15) is 31.2 Å². The summed E-state index contributed by atoms with van der Waals surface area (Å²) in [7, 11) is -3.65. The van der Waals surface area contributed by atoms with Crippen LogP contribution >= 0.6 is 34.7 Å². The Labute approximate surface area is 291 Å². The summed E-state index contributed by atoms with van der Waals surface area (Å²) < 4.78 is 77.6. The average Bonchev–Trinajstić information content (AvgIpc) is 3.60. The van der Waals surface area contributed by atoms with Crippen molar-refractivity contribution >= 4 is 67.7 Å². The number of terminal acetylenes is 1. The highest BCUT2D eigenvalue weighted by Crippen LogP contribution is 2.38. The number of rotatable bonds is 6. The number of carbonyl (C=O) groups is 1. The Kier molecular flexibility index (Phi) is 9.94. The lowest BCUT2D eigenvalue weighted by Crippen LogP contribution is -2.39. The summed E-state index contributed by atoms with van der Waals surface area (Å²) in [6.07, 6.45) is 7.12. The topological polar surface area (TPSA) is 146 Å². The molecule has 0 spiro atoms. The largest absolute Gasteiger partial charge is 0.481 e. The molecule has 13 nitrogen and oxygen atoms in total. The summed E-state index contributed by atoms with van der Waals surface area (Å²) in [4.78, 5) is 30.6. The first-order valence-electron chi connectivity index (χ1n) is 14.1. The van der Waals surface area contributed by atoms with E-state index in [-0.39, 0.29) is 62.0 Å². The van der Waals surface area contributed by atoms with E-state index >= 15 is 0 Å². The van der Waals surface area contributed by atoms with Crippen LogP contribution < -0.4 is 24.9 Å². The Balaban J connectivity index is 0.000000193. The van der Waals surface area contributed by atoms with Crippen LogP contribution in [0.25, 0.3) is 5.69 Å². The highest BCUT2D eigenvalue weighted by Gasteiger charge is 2.31. The minimum Gasteiger partial charge on any atom is -0.481 e. The van der Waals surface area contributed by atoms with Crippen molar-refractivity contribution in [3.63, 3.8) is 0 Å². The lowest BCUT2D eigenvalue weighted by atomic mass is 9.92. The first-order valence-corrected chi connectivity index (χ1v) is 17.5. The molecule has 0 bridgehead atoms. The van der Waals surface area contributed by atoms with Crippen molar-refractivity contribution in [3.8, 4) is 23.8 Å². The molecule has 6 rings (SSSR count). The number of benzene rings is 2. The molecule has 0 unspecified atom stereocenters. The van der Waals surface area contributed by atoms with Crippen molar-refractivity contribution < 1.29 is 31.1 Å². The summed E-state index contributed by atoms with van der Waals surface area (Å²) in [5.41, 5.74) is -0.594. The number of amides is 1. The lowest BCUT2D eigenvalue weighted by molar-refractivity contribution is -0.121. The van der Waals surface area contributed by atoms with E-state index in [1.54, 1.807) is 0 Å². The van der Waals surface area contributed by atoms with Gasteiger partial charge in [0.25, 0.3) is 5.91 Å². The number of fused-ring (bicyclic) bond motifs is 2. The van der Waals surface area contributed by atoms with E-state index < -0.39 is 28.1 Å². The van der Waals surface area contributed by atoms with Crippen LogP contribution in [-0.2, 0) is 27.8 Å². The fourth-order valence-corrected chi connectivity index (χ4v) is 6.97. The minimum absolute atomic E-state index is 0.0257. The standard InChI is InChI=1S/C18H17FN4O2S.C11H10Cl2F2N4O3S/c1-4-5-22-13-7-12(11(19)6-14(13)25-9-16(22)24)20-17-23-10-18(2,3)8-15(23)21-26-17;1-5-16-19(11(20)18(5)10(14)15)9-4-8(17-23(2,21)22)6(12)3-7(9)13/h1,6-7H,5,8-10H2,2-3H3;3-4,10,17H,1-2H3. The molecular weight excluding hydrogens is 732 g/mol. The van der Waals surface area contributed by atoms with Crippen LogP contribution in [0.3, 0.4) is 0 Å². The van der Waals surface area contributed by atoms with E-state index in [0.29, 0.717) is 20.9 Å². The lowest BCUT2D eigenvalue weighted by Gasteiger charge is -2.28. The highest BCUT2D eigenvalue weighted by atomic mass is 35.5. The predicted octanol–water partition coefficient (Wildman–Crippen LogP) is 4.67. The second-order valence-corrected chi connectivity index (χ2v) is 15.0. The Morgan fingerprint density at radius 3 is 2.53 bits per heavy atom. The third-order valence-corrected chi connectivity index (χ3v) is 9.15. The molecule has 4 heterocycles. The Morgan fingerprint density at radius 1 is 1.18 bits per heavy atom. The van der Waals surface area contributed by atoms with Gasteiger partial charge in [0.05, 0.1) is 39.9 Å². The van der Waals surface area contributed by atoms with E-state index in [1.807, 2.05) is 4.57 Å². The van der Waals surface area contributed by atoms with Gasteiger partial charge in [-0.2, -0.15) is 17.8 Å². The van der Waals surface area contributed by atoms with Crippen molar-refractivity contribution in [3.05, 3.63) is 67.1 Å².